The van der Waals surface area contributed by atoms with Gasteiger partial charge in [0.1, 0.15) is 0 Å². The van der Waals surface area contributed by atoms with Gasteiger partial charge in [-0.2, -0.15) is 0 Å². The maximum atomic E-state index is 13.5. The van der Waals surface area contributed by atoms with E-state index in [4.69, 9.17) is 4.74 Å². The van der Waals surface area contributed by atoms with Gasteiger partial charge >= 0.3 is 0 Å². The van der Waals surface area contributed by atoms with Crippen molar-refractivity contribution in [2.45, 2.75) is 26.4 Å². The summed E-state index contributed by atoms with van der Waals surface area (Å²) < 4.78 is 20.5. The number of ether oxygens (including phenoxy) is 1. The summed E-state index contributed by atoms with van der Waals surface area (Å²) in [5.74, 6) is -0.123. The normalized spacial score (nSPS) is 10.8. The number of hydrogen-bond donors (Lipinski definition) is 1. The van der Waals surface area contributed by atoms with Crippen LogP contribution >= 0.6 is 0 Å². The van der Waals surface area contributed by atoms with Crippen molar-refractivity contribution >= 4 is 5.69 Å². The first-order chi connectivity index (χ1) is 9.11. The van der Waals surface area contributed by atoms with Gasteiger partial charge in [-0.05, 0) is 26.0 Å². The molecule has 2 aromatic rings. The second-order valence-electron chi connectivity index (χ2n) is 4.59. The summed E-state index contributed by atoms with van der Waals surface area (Å²) in [6, 6.07) is 5.18. The van der Waals surface area contributed by atoms with Crippen LogP contribution in [0.3, 0.4) is 0 Å². The van der Waals surface area contributed by atoms with Gasteiger partial charge in [-0.15, -0.1) is 0 Å². The van der Waals surface area contributed by atoms with Crippen LogP contribution in [0.2, 0.25) is 0 Å². The third kappa shape index (κ3) is 3.05. The molecule has 2 rings (SSSR count). The average Bonchev–Trinajstić information content (AvgIpc) is 2.85. The number of rotatable bonds is 5. The molecule has 0 bridgehead atoms. The van der Waals surface area contributed by atoms with Crippen molar-refractivity contribution in [2.24, 2.45) is 0 Å². The minimum absolute atomic E-state index is 0.248. The van der Waals surface area contributed by atoms with Crippen molar-refractivity contribution in [1.82, 2.24) is 9.55 Å². The molecule has 1 heterocycles. The summed E-state index contributed by atoms with van der Waals surface area (Å²) in [6.07, 6.45) is 3.61. The highest BCUT2D eigenvalue weighted by Gasteiger charge is 2.06. The monoisotopic (exact) mass is 263 g/mol. The second-order valence-corrected chi connectivity index (χ2v) is 4.59. The fraction of sp³-hybridized carbons (Fsp3) is 0.357. The molecule has 0 atom stereocenters. The summed E-state index contributed by atoms with van der Waals surface area (Å²) in [7, 11) is 1.45. The highest BCUT2D eigenvalue weighted by molar-refractivity contribution is 5.47. The Labute approximate surface area is 112 Å². The third-order valence-corrected chi connectivity index (χ3v) is 2.93. The molecule has 0 saturated carbocycles. The van der Waals surface area contributed by atoms with Gasteiger partial charge in [0.25, 0.3) is 0 Å². The van der Waals surface area contributed by atoms with Crippen LogP contribution in [0.15, 0.2) is 30.7 Å². The molecule has 4 nitrogen and oxygen atoms in total. The quantitative estimate of drug-likeness (QED) is 0.900. The van der Waals surface area contributed by atoms with E-state index in [2.05, 4.69) is 28.7 Å². The summed E-state index contributed by atoms with van der Waals surface area (Å²) >= 11 is 0. The lowest BCUT2D eigenvalue weighted by Crippen LogP contribution is -2.08. The molecule has 0 spiro atoms. The SMILES string of the molecule is COc1ccc(NCc2cncn2C(C)C)cc1F. The second kappa shape index (κ2) is 5.73. The number of nitrogens with zero attached hydrogens (tertiary/aromatic N) is 2. The van der Waals surface area contributed by atoms with Crippen molar-refractivity contribution in [3.05, 3.63) is 42.2 Å². The zero-order valence-corrected chi connectivity index (χ0v) is 11.4. The number of methoxy groups -OCH3 is 1. The van der Waals surface area contributed by atoms with Gasteiger partial charge in [0, 0.05) is 24.0 Å². The van der Waals surface area contributed by atoms with Gasteiger partial charge in [0.15, 0.2) is 11.6 Å². The molecule has 1 N–H and O–H groups in total. The molecule has 0 radical (unpaired) electrons. The molecule has 0 amide bonds. The fourth-order valence-corrected chi connectivity index (χ4v) is 1.90. The van der Waals surface area contributed by atoms with Gasteiger partial charge < -0.3 is 14.6 Å². The number of anilines is 1. The molecule has 0 saturated heterocycles. The molecular weight excluding hydrogens is 245 g/mol. The topological polar surface area (TPSA) is 39.1 Å². The van der Waals surface area contributed by atoms with Crippen molar-refractivity contribution < 1.29 is 9.13 Å². The fourth-order valence-electron chi connectivity index (χ4n) is 1.90. The van der Waals surface area contributed by atoms with Gasteiger partial charge in [-0.3, -0.25) is 0 Å². The van der Waals surface area contributed by atoms with Crippen molar-refractivity contribution in [3.63, 3.8) is 0 Å². The van der Waals surface area contributed by atoms with Gasteiger partial charge in [0.05, 0.1) is 25.7 Å². The van der Waals surface area contributed by atoms with E-state index in [1.54, 1.807) is 18.5 Å². The highest BCUT2D eigenvalue weighted by Crippen LogP contribution is 2.21. The molecule has 0 aliphatic heterocycles. The largest absolute Gasteiger partial charge is 0.494 e. The minimum atomic E-state index is -0.370. The van der Waals surface area contributed by atoms with Gasteiger partial charge in [-0.1, -0.05) is 0 Å². The van der Waals surface area contributed by atoms with E-state index in [1.165, 1.54) is 13.2 Å². The first-order valence-electron chi connectivity index (χ1n) is 6.20. The van der Waals surface area contributed by atoms with E-state index in [1.807, 2.05) is 6.20 Å². The minimum Gasteiger partial charge on any atom is -0.494 e. The van der Waals surface area contributed by atoms with Crippen LogP contribution in [-0.2, 0) is 6.54 Å². The van der Waals surface area contributed by atoms with E-state index in [9.17, 15) is 4.39 Å². The maximum absolute atomic E-state index is 13.5. The third-order valence-electron chi connectivity index (χ3n) is 2.93. The number of aromatic nitrogens is 2. The zero-order valence-electron chi connectivity index (χ0n) is 11.4. The predicted octanol–water partition coefficient (Wildman–Crippen LogP) is 3.22. The number of nitrogens with one attached hydrogen (secondary N) is 1. The van der Waals surface area contributed by atoms with Crippen molar-refractivity contribution in [1.29, 1.82) is 0 Å². The highest BCUT2D eigenvalue weighted by atomic mass is 19.1. The number of benzene rings is 1. The van der Waals surface area contributed by atoms with Crippen LogP contribution in [-0.4, -0.2) is 16.7 Å². The van der Waals surface area contributed by atoms with E-state index < -0.39 is 0 Å². The number of hydrogen-bond acceptors (Lipinski definition) is 3. The Morgan fingerprint density at radius 2 is 2.21 bits per heavy atom. The Morgan fingerprint density at radius 1 is 1.42 bits per heavy atom. The Balaban J connectivity index is 2.06. The van der Waals surface area contributed by atoms with Gasteiger partial charge in [0.2, 0.25) is 0 Å². The van der Waals surface area contributed by atoms with Crippen LogP contribution in [0, 0.1) is 5.82 Å². The van der Waals surface area contributed by atoms with Crippen LogP contribution in [0.25, 0.3) is 0 Å². The average molecular weight is 263 g/mol. The molecule has 1 aromatic carbocycles. The molecule has 102 valence electrons. The number of halogens is 1. The van der Waals surface area contributed by atoms with Crippen LogP contribution in [0.1, 0.15) is 25.6 Å². The number of imidazole rings is 1. The van der Waals surface area contributed by atoms with Crippen molar-refractivity contribution in [3.8, 4) is 5.75 Å². The Hall–Kier alpha value is -2.04. The van der Waals surface area contributed by atoms with Crippen LogP contribution < -0.4 is 10.1 Å². The first kappa shape index (κ1) is 13.4. The lowest BCUT2D eigenvalue weighted by molar-refractivity contribution is 0.386. The molecule has 5 heteroatoms. The molecule has 0 fully saturated rings. The van der Waals surface area contributed by atoms with E-state index in [-0.39, 0.29) is 11.6 Å². The molecule has 0 aliphatic rings. The molecule has 0 unspecified atom stereocenters. The van der Waals surface area contributed by atoms with Crippen molar-refractivity contribution in [2.75, 3.05) is 12.4 Å². The lowest BCUT2D eigenvalue weighted by atomic mass is 10.2. The predicted molar refractivity (Wildman–Crippen MR) is 72.9 cm³/mol. The molecule has 1 aromatic heterocycles. The van der Waals surface area contributed by atoms with E-state index in [0.29, 0.717) is 12.6 Å². The maximum Gasteiger partial charge on any atom is 0.167 e. The standard InChI is InChI=1S/C14H18FN3O/c1-10(2)18-9-16-7-12(18)8-17-11-4-5-14(19-3)13(15)6-11/h4-7,9-10,17H,8H2,1-3H3. The molecular formula is C14H18FN3O. The lowest BCUT2D eigenvalue weighted by Gasteiger charge is -2.13. The summed E-state index contributed by atoms with van der Waals surface area (Å²) in [5.41, 5.74) is 1.78. The zero-order chi connectivity index (χ0) is 13.8. The van der Waals surface area contributed by atoms with Crippen LogP contribution in [0.4, 0.5) is 10.1 Å². The van der Waals surface area contributed by atoms with Gasteiger partial charge in [-0.25, -0.2) is 9.37 Å². The Morgan fingerprint density at radius 3 is 2.84 bits per heavy atom. The Kier molecular flexibility index (Phi) is 4.04. The van der Waals surface area contributed by atoms with Crippen LogP contribution in [0.5, 0.6) is 5.75 Å². The molecule has 0 aliphatic carbocycles. The summed E-state index contributed by atoms with van der Waals surface area (Å²) in [6.45, 7) is 4.79. The van der Waals surface area contributed by atoms with E-state index in [0.717, 1.165) is 11.4 Å². The Bertz CT molecular complexity index is 551. The van der Waals surface area contributed by atoms with E-state index >= 15 is 0 Å². The smallest absolute Gasteiger partial charge is 0.167 e. The molecule has 19 heavy (non-hydrogen) atoms. The summed E-state index contributed by atoms with van der Waals surface area (Å²) in [4.78, 5) is 4.13. The summed E-state index contributed by atoms with van der Waals surface area (Å²) in [5, 5.41) is 3.18. The first-order valence-corrected chi connectivity index (χ1v) is 6.20.